The highest BCUT2D eigenvalue weighted by atomic mass is 19.1. The van der Waals surface area contributed by atoms with E-state index in [0.29, 0.717) is 12.2 Å². The van der Waals surface area contributed by atoms with Gasteiger partial charge in [0.25, 0.3) is 11.5 Å². The molecule has 4 aromatic rings. The highest BCUT2D eigenvalue weighted by Gasteiger charge is 2.26. The second kappa shape index (κ2) is 9.08. The van der Waals surface area contributed by atoms with Crippen LogP contribution in [0.25, 0.3) is 16.7 Å². The second-order valence-corrected chi connectivity index (χ2v) is 8.76. The Morgan fingerprint density at radius 1 is 1.19 bits per heavy atom. The van der Waals surface area contributed by atoms with Gasteiger partial charge in [0.15, 0.2) is 5.82 Å². The van der Waals surface area contributed by atoms with Gasteiger partial charge in [-0.3, -0.25) is 9.59 Å². The minimum absolute atomic E-state index is 0.0228. The molecule has 0 radical (unpaired) electrons. The lowest BCUT2D eigenvalue weighted by atomic mass is 10.2. The van der Waals surface area contributed by atoms with Gasteiger partial charge in [-0.2, -0.15) is 9.78 Å². The number of rotatable bonds is 5. The number of halogens is 1. The van der Waals surface area contributed by atoms with E-state index in [1.807, 2.05) is 30.7 Å². The van der Waals surface area contributed by atoms with Crippen molar-refractivity contribution in [2.75, 3.05) is 30.4 Å². The van der Waals surface area contributed by atoms with Crippen molar-refractivity contribution in [3.05, 3.63) is 70.2 Å². The topological polar surface area (TPSA) is 120 Å². The quantitative estimate of drug-likeness (QED) is 0.440. The number of nitrogens with one attached hydrogen (secondary N) is 1. The van der Waals surface area contributed by atoms with Gasteiger partial charge in [0.2, 0.25) is 0 Å². The molecule has 1 saturated heterocycles. The van der Waals surface area contributed by atoms with Gasteiger partial charge in [0.1, 0.15) is 28.5 Å². The molecule has 0 bridgehead atoms. The summed E-state index contributed by atoms with van der Waals surface area (Å²) in [5.74, 6) is -0.308. The lowest BCUT2D eigenvalue weighted by molar-refractivity contribution is 0.102. The van der Waals surface area contributed by atoms with Gasteiger partial charge in [-0.15, -0.1) is 0 Å². The van der Waals surface area contributed by atoms with Gasteiger partial charge in [-0.25, -0.2) is 9.37 Å². The fraction of sp³-hybridized carbons (Fsp3) is 0.280. The third-order valence-electron chi connectivity index (χ3n) is 6.45. The van der Waals surface area contributed by atoms with Crippen LogP contribution in [0.2, 0.25) is 0 Å². The number of aromatic nitrogens is 4. The van der Waals surface area contributed by atoms with E-state index in [1.165, 1.54) is 37.4 Å². The normalized spacial score (nSPS) is 15.5. The lowest BCUT2D eigenvalue weighted by Crippen LogP contribution is -2.28. The first kappa shape index (κ1) is 23.5. The van der Waals surface area contributed by atoms with Gasteiger partial charge in [-0.1, -0.05) is 6.07 Å². The Kier molecular flexibility index (Phi) is 5.92. The predicted octanol–water partition coefficient (Wildman–Crippen LogP) is 2.37. The molecule has 1 unspecified atom stereocenters. The van der Waals surface area contributed by atoms with Crippen LogP contribution in [0.1, 0.15) is 22.7 Å². The Morgan fingerprint density at radius 2 is 2.00 bits per heavy atom. The van der Waals surface area contributed by atoms with Crippen molar-refractivity contribution >= 4 is 28.3 Å². The van der Waals surface area contributed by atoms with E-state index in [1.54, 1.807) is 0 Å². The number of aryl methyl sites for hydroxylation is 2. The highest BCUT2D eigenvalue weighted by Crippen LogP contribution is 2.36. The molecule has 1 aliphatic rings. The summed E-state index contributed by atoms with van der Waals surface area (Å²) in [5.41, 5.74) is 8.34. The molecule has 10 nitrogen and oxygen atoms in total. The van der Waals surface area contributed by atoms with Crippen LogP contribution >= 0.6 is 0 Å². The Bertz CT molecular complexity index is 1540. The number of ether oxygens (including phenoxy) is 1. The van der Waals surface area contributed by atoms with Crippen LogP contribution in [0.4, 0.5) is 15.8 Å². The number of nitrogens with zero attached hydrogens (tertiary/aromatic N) is 5. The van der Waals surface area contributed by atoms with Gasteiger partial charge >= 0.3 is 0 Å². The minimum atomic E-state index is -0.704. The van der Waals surface area contributed by atoms with Crippen molar-refractivity contribution in [3.63, 3.8) is 0 Å². The van der Waals surface area contributed by atoms with E-state index in [-0.39, 0.29) is 23.2 Å². The summed E-state index contributed by atoms with van der Waals surface area (Å²) in [7, 11) is 3.30. The van der Waals surface area contributed by atoms with Crippen LogP contribution < -0.4 is 26.2 Å². The van der Waals surface area contributed by atoms with Crippen LogP contribution in [-0.2, 0) is 7.05 Å². The molecule has 1 aliphatic heterocycles. The number of benzene rings is 2. The van der Waals surface area contributed by atoms with Crippen molar-refractivity contribution < 1.29 is 13.9 Å². The molecule has 3 heterocycles. The molecule has 1 fully saturated rings. The fourth-order valence-corrected chi connectivity index (χ4v) is 4.52. The van der Waals surface area contributed by atoms with E-state index < -0.39 is 17.3 Å². The zero-order valence-electron chi connectivity index (χ0n) is 20.2. The first-order valence-electron chi connectivity index (χ1n) is 11.5. The summed E-state index contributed by atoms with van der Waals surface area (Å²) in [6.45, 7) is 3.28. The average Bonchev–Trinajstić information content (AvgIpc) is 3.41. The summed E-state index contributed by atoms with van der Waals surface area (Å²) in [4.78, 5) is 32.7. The maximum atomic E-state index is 14.6. The number of nitrogens with two attached hydrogens (primary N) is 1. The number of fused-ring (bicyclic) bond motifs is 1. The van der Waals surface area contributed by atoms with Gasteiger partial charge in [0, 0.05) is 32.2 Å². The summed E-state index contributed by atoms with van der Waals surface area (Å²) in [5, 5.41) is 7.05. The molecule has 2 aromatic carbocycles. The Hall–Kier alpha value is -4.25. The van der Waals surface area contributed by atoms with Crippen LogP contribution in [0, 0.1) is 12.7 Å². The van der Waals surface area contributed by atoms with Crippen LogP contribution in [0.3, 0.4) is 0 Å². The molecule has 1 amide bonds. The van der Waals surface area contributed by atoms with Crippen LogP contribution in [0.15, 0.2) is 47.3 Å². The summed E-state index contributed by atoms with van der Waals surface area (Å²) in [6, 6.07) is 10.4. The molecule has 1 atom stereocenters. The Labute approximate surface area is 206 Å². The number of amides is 1. The van der Waals surface area contributed by atoms with E-state index >= 15 is 0 Å². The number of anilines is 2. The maximum Gasteiger partial charge on any atom is 0.276 e. The number of methoxy groups -OCH3 is 1. The van der Waals surface area contributed by atoms with Crippen molar-refractivity contribution in [2.45, 2.75) is 19.4 Å². The maximum absolute atomic E-state index is 14.6. The molecule has 5 rings (SSSR count). The number of para-hydroxylation sites is 1. The van der Waals surface area contributed by atoms with Crippen molar-refractivity contribution in [1.82, 2.24) is 19.3 Å². The van der Waals surface area contributed by atoms with Gasteiger partial charge < -0.3 is 25.3 Å². The van der Waals surface area contributed by atoms with Crippen LogP contribution in [-0.4, -0.2) is 51.5 Å². The summed E-state index contributed by atoms with van der Waals surface area (Å²) < 4.78 is 22.6. The van der Waals surface area contributed by atoms with E-state index in [4.69, 9.17) is 15.5 Å². The van der Waals surface area contributed by atoms with Gasteiger partial charge in [0.05, 0.1) is 24.0 Å². The molecule has 0 saturated carbocycles. The minimum Gasteiger partial charge on any atom is -0.494 e. The number of carbonyl (C=O) groups is 1. The monoisotopic (exact) mass is 491 g/mol. The van der Waals surface area contributed by atoms with E-state index in [0.717, 1.165) is 40.2 Å². The zero-order valence-corrected chi connectivity index (χ0v) is 20.2. The van der Waals surface area contributed by atoms with E-state index in [9.17, 15) is 14.0 Å². The third-order valence-corrected chi connectivity index (χ3v) is 6.45. The largest absolute Gasteiger partial charge is 0.494 e. The molecule has 0 spiro atoms. The first-order chi connectivity index (χ1) is 17.3. The molecule has 3 N–H and O–H groups in total. The molecular weight excluding hydrogens is 465 g/mol. The summed E-state index contributed by atoms with van der Waals surface area (Å²) >= 11 is 0. The average molecular weight is 492 g/mol. The highest BCUT2D eigenvalue weighted by molar-refractivity contribution is 6.08. The van der Waals surface area contributed by atoms with Crippen LogP contribution in [0.5, 0.6) is 5.75 Å². The molecule has 36 heavy (non-hydrogen) atoms. The van der Waals surface area contributed by atoms with Gasteiger partial charge in [-0.05, 0) is 43.7 Å². The Morgan fingerprint density at radius 3 is 2.72 bits per heavy atom. The number of hydrogen-bond acceptors (Lipinski definition) is 7. The fourth-order valence-electron chi connectivity index (χ4n) is 4.52. The number of hydrogen-bond donors (Lipinski definition) is 2. The van der Waals surface area contributed by atoms with Crippen molar-refractivity contribution in [1.29, 1.82) is 0 Å². The summed E-state index contributed by atoms with van der Waals surface area (Å²) in [6.07, 6.45) is 0.826. The lowest BCUT2D eigenvalue weighted by Gasteiger charge is -2.22. The smallest absolute Gasteiger partial charge is 0.276 e. The SMILES string of the molecule is COc1cccc(F)c1-n1nc(C(=O)Nc2ccc3c(nc(C)n3C)c2N2CCC(N)C2)ccc1=O. The number of carbonyl (C=O) groups excluding carboxylic acids is 1. The standard InChI is InChI=1S/C25H26FN7O3/c1-14-28-22-19(31(14)2)9-7-17(24(22)32-12-11-15(27)13-32)29-25(35)18-8-10-21(34)33(30-18)23-16(26)5-4-6-20(23)36-3/h4-10,15H,11-13,27H2,1-3H3,(H,29,35). The molecular formula is C25H26FN7O3. The molecule has 11 heteroatoms. The molecule has 2 aromatic heterocycles. The van der Waals surface area contributed by atoms with Crippen molar-refractivity contribution in [3.8, 4) is 11.4 Å². The third kappa shape index (κ3) is 3.97. The molecule has 0 aliphatic carbocycles. The first-order valence-corrected chi connectivity index (χ1v) is 11.5. The molecule has 186 valence electrons. The second-order valence-electron chi connectivity index (χ2n) is 8.76. The predicted molar refractivity (Wildman–Crippen MR) is 135 cm³/mol. The van der Waals surface area contributed by atoms with E-state index in [2.05, 4.69) is 15.3 Å². The zero-order chi connectivity index (χ0) is 25.6. The van der Waals surface area contributed by atoms with Crippen molar-refractivity contribution in [2.24, 2.45) is 12.8 Å². The Balaban J connectivity index is 1.56. The number of imidazole rings is 1.